The first kappa shape index (κ1) is 14.0. The highest BCUT2D eigenvalue weighted by Gasteiger charge is 2.12. The van der Waals surface area contributed by atoms with E-state index in [1.54, 1.807) is 25.6 Å². The Balaban J connectivity index is 2.35. The predicted molar refractivity (Wildman–Crippen MR) is 77.6 cm³/mol. The molecular formula is C14H18N2O2S. The minimum absolute atomic E-state index is 0.539. The van der Waals surface area contributed by atoms with Crippen molar-refractivity contribution in [3.8, 4) is 16.3 Å². The molecule has 0 amide bonds. The molecule has 5 heteroatoms. The van der Waals surface area contributed by atoms with Crippen LogP contribution in [0.5, 0.6) is 5.75 Å². The number of ether oxygens (including phenoxy) is 2. The molecule has 19 heavy (non-hydrogen) atoms. The Labute approximate surface area is 117 Å². The van der Waals surface area contributed by atoms with E-state index >= 15 is 0 Å². The molecule has 2 aromatic rings. The molecule has 1 N–H and O–H groups in total. The van der Waals surface area contributed by atoms with Gasteiger partial charge in [0.2, 0.25) is 0 Å². The number of nitrogens with zero attached hydrogens (tertiary/aromatic N) is 1. The monoisotopic (exact) mass is 278 g/mol. The zero-order valence-electron chi connectivity index (χ0n) is 11.4. The Morgan fingerprint density at radius 3 is 2.84 bits per heavy atom. The third-order valence-electron chi connectivity index (χ3n) is 2.71. The highest BCUT2D eigenvalue weighted by atomic mass is 32.1. The Kier molecular flexibility index (Phi) is 4.90. The lowest BCUT2D eigenvalue weighted by atomic mass is 10.2. The number of aromatic nitrogens is 1. The third kappa shape index (κ3) is 3.32. The second kappa shape index (κ2) is 6.65. The Hall–Kier alpha value is -1.43. The molecule has 1 aromatic heterocycles. The fourth-order valence-corrected chi connectivity index (χ4v) is 2.88. The second-order valence-electron chi connectivity index (χ2n) is 4.08. The minimum atomic E-state index is 0.539. The van der Waals surface area contributed by atoms with Gasteiger partial charge in [0.1, 0.15) is 10.8 Å². The second-order valence-corrected chi connectivity index (χ2v) is 5.17. The molecule has 0 aliphatic heterocycles. The van der Waals surface area contributed by atoms with Gasteiger partial charge in [-0.2, -0.15) is 0 Å². The van der Waals surface area contributed by atoms with Crippen molar-refractivity contribution in [2.24, 2.45) is 0 Å². The predicted octanol–water partition coefficient (Wildman–Crippen LogP) is 2.68. The van der Waals surface area contributed by atoms with Gasteiger partial charge in [-0.1, -0.05) is 12.1 Å². The normalized spacial score (nSPS) is 10.7. The number of rotatable bonds is 6. The van der Waals surface area contributed by atoms with Gasteiger partial charge in [0.15, 0.2) is 0 Å². The first-order valence-corrected chi connectivity index (χ1v) is 6.86. The summed E-state index contributed by atoms with van der Waals surface area (Å²) in [5, 5.41) is 4.16. The van der Waals surface area contributed by atoms with Crippen molar-refractivity contribution in [1.29, 1.82) is 0 Å². The molecule has 0 unspecified atom stereocenters. The fourth-order valence-electron chi connectivity index (χ4n) is 1.81. The molecule has 0 bridgehead atoms. The van der Waals surface area contributed by atoms with Crippen LogP contribution in [-0.2, 0) is 17.9 Å². The quantitative estimate of drug-likeness (QED) is 0.882. The smallest absolute Gasteiger partial charge is 0.124 e. The topological polar surface area (TPSA) is 43.4 Å². The van der Waals surface area contributed by atoms with Gasteiger partial charge >= 0.3 is 0 Å². The number of thiazole rings is 1. The Bertz CT molecular complexity index is 516. The van der Waals surface area contributed by atoms with Gasteiger partial charge in [0, 0.05) is 24.1 Å². The summed E-state index contributed by atoms with van der Waals surface area (Å²) < 4.78 is 10.4. The van der Waals surface area contributed by atoms with Crippen molar-refractivity contribution in [2.45, 2.75) is 13.2 Å². The van der Waals surface area contributed by atoms with Crippen LogP contribution in [0.3, 0.4) is 0 Å². The van der Waals surface area contributed by atoms with Crippen LogP contribution in [0, 0.1) is 0 Å². The van der Waals surface area contributed by atoms with E-state index in [0.29, 0.717) is 6.61 Å². The van der Waals surface area contributed by atoms with Gasteiger partial charge in [0.25, 0.3) is 0 Å². The number of nitrogens with one attached hydrogen (secondary N) is 1. The summed E-state index contributed by atoms with van der Waals surface area (Å²) in [6.07, 6.45) is 0. The van der Waals surface area contributed by atoms with Gasteiger partial charge in [0.05, 0.1) is 19.4 Å². The molecule has 0 saturated carbocycles. The molecule has 0 aliphatic rings. The molecule has 0 fully saturated rings. The van der Waals surface area contributed by atoms with Crippen LogP contribution in [-0.4, -0.2) is 26.3 Å². The first-order valence-electron chi connectivity index (χ1n) is 6.05. The molecule has 2 rings (SSSR count). The van der Waals surface area contributed by atoms with Crippen molar-refractivity contribution in [3.63, 3.8) is 0 Å². The van der Waals surface area contributed by atoms with E-state index in [4.69, 9.17) is 9.47 Å². The summed E-state index contributed by atoms with van der Waals surface area (Å²) in [7, 11) is 5.29. The number of benzene rings is 1. The number of hydrogen-bond acceptors (Lipinski definition) is 5. The lowest BCUT2D eigenvalue weighted by molar-refractivity contribution is 0.181. The summed E-state index contributed by atoms with van der Waals surface area (Å²) >= 11 is 1.69. The van der Waals surface area contributed by atoms with E-state index in [1.165, 1.54) is 4.88 Å². The van der Waals surface area contributed by atoms with E-state index in [1.807, 2.05) is 31.3 Å². The molecule has 0 radical (unpaired) electrons. The zero-order chi connectivity index (χ0) is 13.7. The summed E-state index contributed by atoms with van der Waals surface area (Å²) in [5.74, 6) is 0.844. The summed E-state index contributed by atoms with van der Waals surface area (Å²) in [4.78, 5) is 5.87. The van der Waals surface area contributed by atoms with Crippen LogP contribution in [0.2, 0.25) is 0 Å². The highest BCUT2D eigenvalue weighted by Crippen LogP contribution is 2.30. The molecular weight excluding hydrogens is 260 g/mol. The molecule has 0 aliphatic carbocycles. The van der Waals surface area contributed by atoms with Gasteiger partial charge in [-0.25, -0.2) is 4.98 Å². The Morgan fingerprint density at radius 1 is 1.32 bits per heavy atom. The van der Waals surface area contributed by atoms with E-state index in [0.717, 1.165) is 28.6 Å². The summed E-state index contributed by atoms with van der Waals surface area (Å²) in [6, 6.07) is 7.95. The molecule has 4 nitrogen and oxygen atoms in total. The van der Waals surface area contributed by atoms with Crippen LogP contribution in [0.25, 0.3) is 10.6 Å². The van der Waals surface area contributed by atoms with Gasteiger partial charge in [-0.3, -0.25) is 0 Å². The van der Waals surface area contributed by atoms with Crippen molar-refractivity contribution in [2.75, 3.05) is 21.3 Å². The maximum absolute atomic E-state index is 5.25. The van der Waals surface area contributed by atoms with E-state index < -0.39 is 0 Å². The maximum Gasteiger partial charge on any atom is 0.124 e. The van der Waals surface area contributed by atoms with Crippen LogP contribution in [0.15, 0.2) is 24.3 Å². The third-order valence-corrected chi connectivity index (χ3v) is 3.86. The highest BCUT2D eigenvalue weighted by molar-refractivity contribution is 7.15. The van der Waals surface area contributed by atoms with Gasteiger partial charge < -0.3 is 14.8 Å². The SMILES string of the molecule is CNCc1sc(-c2cccc(OC)c2)nc1COC. The summed E-state index contributed by atoms with van der Waals surface area (Å²) in [5.41, 5.74) is 2.07. The Morgan fingerprint density at radius 2 is 2.16 bits per heavy atom. The standard InChI is InChI=1S/C14H18N2O2S/c1-15-8-13-12(9-17-2)16-14(19-13)10-5-4-6-11(7-10)18-3/h4-7,15H,8-9H2,1-3H3. The van der Waals surface area contributed by atoms with E-state index in [2.05, 4.69) is 10.3 Å². The van der Waals surface area contributed by atoms with Crippen LogP contribution >= 0.6 is 11.3 Å². The largest absolute Gasteiger partial charge is 0.497 e. The molecule has 102 valence electrons. The van der Waals surface area contributed by atoms with Gasteiger partial charge in [-0.05, 0) is 19.2 Å². The van der Waals surface area contributed by atoms with E-state index in [-0.39, 0.29) is 0 Å². The van der Waals surface area contributed by atoms with Crippen molar-refractivity contribution >= 4 is 11.3 Å². The van der Waals surface area contributed by atoms with Gasteiger partial charge in [-0.15, -0.1) is 11.3 Å². The lowest BCUT2D eigenvalue weighted by Crippen LogP contribution is -2.06. The minimum Gasteiger partial charge on any atom is -0.497 e. The molecule has 1 heterocycles. The van der Waals surface area contributed by atoms with Crippen LogP contribution in [0.4, 0.5) is 0 Å². The molecule has 0 atom stereocenters. The molecule has 0 saturated heterocycles. The number of methoxy groups -OCH3 is 2. The average molecular weight is 278 g/mol. The van der Waals surface area contributed by atoms with E-state index in [9.17, 15) is 0 Å². The zero-order valence-corrected chi connectivity index (χ0v) is 12.2. The average Bonchev–Trinajstić information content (AvgIpc) is 2.83. The van der Waals surface area contributed by atoms with Crippen molar-refractivity contribution in [3.05, 3.63) is 34.8 Å². The van der Waals surface area contributed by atoms with Crippen molar-refractivity contribution in [1.82, 2.24) is 10.3 Å². The van der Waals surface area contributed by atoms with Crippen molar-refractivity contribution < 1.29 is 9.47 Å². The summed E-state index contributed by atoms with van der Waals surface area (Å²) in [6.45, 7) is 1.35. The fraction of sp³-hybridized carbons (Fsp3) is 0.357. The number of hydrogen-bond donors (Lipinski definition) is 1. The lowest BCUT2D eigenvalue weighted by Gasteiger charge is -2.01. The van der Waals surface area contributed by atoms with Crippen LogP contribution < -0.4 is 10.1 Å². The molecule has 0 spiro atoms. The maximum atomic E-state index is 5.25. The van der Waals surface area contributed by atoms with Crippen LogP contribution in [0.1, 0.15) is 10.6 Å². The first-order chi connectivity index (χ1) is 9.28. The molecule has 1 aromatic carbocycles.